The van der Waals surface area contributed by atoms with Crippen LogP contribution in [-0.2, 0) is 9.47 Å². The fourth-order valence-electron chi connectivity index (χ4n) is 1.72. The number of halogens is 1. The van der Waals surface area contributed by atoms with E-state index in [-0.39, 0.29) is 12.1 Å². The molecule has 1 aliphatic heterocycles. The topological polar surface area (TPSA) is 38.8 Å². The molecule has 1 atom stereocenters. The number of carbonyl (C=O) groups is 1. The van der Waals surface area contributed by atoms with Gasteiger partial charge in [-0.3, -0.25) is 4.90 Å². The van der Waals surface area contributed by atoms with Crippen molar-refractivity contribution in [1.29, 1.82) is 0 Å². The first-order valence-electron chi connectivity index (χ1n) is 5.60. The van der Waals surface area contributed by atoms with Gasteiger partial charge >= 0.3 is 6.09 Å². The van der Waals surface area contributed by atoms with Gasteiger partial charge in [0.15, 0.2) is 0 Å². The highest BCUT2D eigenvalue weighted by molar-refractivity contribution is 9.11. The number of carbonyl (C=O) groups excluding carboxylic acids is 1. The fraction of sp³-hybridized carbons (Fsp3) is 0.750. The Kier molecular flexibility index (Phi) is 4.25. The van der Waals surface area contributed by atoms with E-state index in [2.05, 4.69) is 15.9 Å². The molecule has 4 nitrogen and oxygen atoms in total. The third-order valence-electron chi connectivity index (χ3n) is 2.40. The fourth-order valence-corrected chi connectivity index (χ4v) is 2.08. The highest BCUT2D eigenvalue weighted by Gasteiger charge is 2.44. The number of ether oxygens (including phenoxy) is 2. The maximum absolute atomic E-state index is 12.1. The highest BCUT2D eigenvalue weighted by atomic mass is 79.9. The van der Waals surface area contributed by atoms with Crippen LogP contribution in [0.5, 0.6) is 0 Å². The lowest BCUT2D eigenvalue weighted by atomic mass is 10.2. The second kappa shape index (κ2) is 4.98. The largest absolute Gasteiger partial charge is 0.444 e. The van der Waals surface area contributed by atoms with E-state index in [1.165, 1.54) is 0 Å². The normalized spacial score (nSPS) is 24.4. The van der Waals surface area contributed by atoms with E-state index in [1.54, 1.807) is 9.89 Å². The summed E-state index contributed by atoms with van der Waals surface area (Å²) in [6, 6.07) is -0.0979. The van der Waals surface area contributed by atoms with Crippen molar-refractivity contribution in [2.24, 2.45) is 0 Å². The number of hydrogen-bond acceptors (Lipinski definition) is 3. The van der Waals surface area contributed by atoms with E-state index < -0.39 is 11.3 Å². The van der Waals surface area contributed by atoms with Gasteiger partial charge in [-0.15, -0.1) is 0 Å². The summed E-state index contributed by atoms with van der Waals surface area (Å²) in [5.74, 6) is 0. The molecule has 1 heterocycles. The average molecular weight is 306 g/mol. The van der Waals surface area contributed by atoms with Crippen LogP contribution in [0.2, 0.25) is 0 Å². The van der Waals surface area contributed by atoms with Crippen molar-refractivity contribution in [3.05, 3.63) is 11.1 Å². The van der Waals surface area contributed by atoms with E-state index in [1.807, 2.05) is 40.7 Å². The van der Waals surface area contributed by atoms with Gasteiger partial charge in [-0.25, -0.2) is 4.79 Å². The van der Waals surface area contributed by atoms with E-state index in [9.17, 15) is 4.79 Å². The average Bonchev–Trinajstić information content (AvgIpc) is 2.39. The minimum Gasteiger partial charge on any atom is -0.444 e. The van der Waals surface area contributed by atoms with Crippen LogP contribution in [-0.4, -0.2) is 35.0 Å². The second-order valence-corrected chi connectivity index (χ2v) is 6.02. The van der Waals surface area contributed by atoms with Crippen molar-refractivity contribution in [2.45, 2.75) is 52.0 Å². The third kappa shape index (κ3) is 3.71. The molecule has 0 aliphatic carbocycles. The SMILES string of the molecule is CC(C)(C)OC(=O)N1[C@H](/C=C\Br)COC1(C)C. The van der Waals surface area contributed by atoms with E-state index in [0.29, 0.717) is 6.61 Å². The van der Waals surface area contributed by atoms with E-state index >= 15 is 0 Å². The Hall–Kier alpha value is -0.550. The molecule has 5 heteroatoms. The van der Waals surface area contributed by atoms with Crippen LogP contribution >= 0.6 is 15.9 Å². The van der Waals surface area contributed by atoms with Crippen molar-refractivity contribution in [3.8, 4) is 0 Å². The molecule has 0 radical (unpaired) electrons. The number of nitrogens with zero attached hydrogens (tertiary/aromatic N) is 1. The standard InChI is InChI=1S/C12H20BrNO3/c1-11(2,3)17-10(15)14-9(6-7-13)8-16-12(14,4)5/h6-7,9H,8H2,1-5H3/b7-6-/t9-/m1/s1. The Morgan fingerprint density at radius 3 is 2.59 bits per heavy atom. The summed E-state index contributed by atoms with van der Waals surface area (Å²) in [6.07, 6.45) is 1.52. The maximum atomic E-state index is 12.1. The van der Waals surface area contributed by atoms with Gasteiger partial charge in [0.2, 0.25) is 0 Å². The molecule has 0 N–H and O–H groups in total. The van der Waals surface area contributed by atoms with Crippen LogP contribution < -0.4 is 0 Å². The second-order valence-electron chi connectivity index (χ2n) is 5.49. The molecule has 0 unspecified atom stereocenters. The number of hydrogen-bond donors (Lipinski definition) is 0. The minimum absolute atomic E-state index is 0.0979. The zero-order valence-electron chi connectivity index (χ0n) is 11.0. The number of amides is 1. The van der Waals surface area contributed by atoms with Crippen LogP contribution in [0.4, 0.5) is 4.79 Å². The molecule has 1 saturated heterocycles. The molecular formula is C12H20BrNO3. The Morgan fingerprint density at radius 1 is 1.53 bits per heavy atom. The first-order valence-corrected chi connectivity index (χ1v) is 6.52. The maximum Gasteiger partial charge on any atom is 0.413 e. The molecule has 0 aromatic carbocycles. The zero-order chi connectivity index (χ0) is 13.3. The molecular weight excluding hydrogens is 286 g/mol. The molecule has 98 valence electrons. The smallest absolute Gasteiger partial charge is 0.413 e. The highest BCUT2D eigenvalue weighted by Crippen LogP contribution is 2.30. The molecule has 0 aromatic heterocycles. The Balaban J connectivity index is 2.86. The van der Waals surface area contributed by atoms with Crippen molar-refractivity contribution in [3.63, 3.8) is 0 Å². The van der Waals surface area contributed by atoms with Crippen molar-refractivity contribution in [1.82, 2.24) is 4.90 Å². The van der Waals surface area contributed by atoms with Gasteiger partial charge in [-0.05, 0) is 39.6 Å². The summed E-state index contributed by atoms with van der Waals surface area (Å²) in [5, 5.41) is 0. The van der Waals surface area contributed by atoms with E-state index in [4.69, 9.17) is 9.47 Å². The van der Waals surface area contributed by atoms with Gasteiger partial charge < -0.3 is 9.47 Å². The lowest BCUT2D eigenvalue weighted by Gasteiger charge is -2.34. The Morgan fingerprint density at radius 2 is 2.12 bits per heavy atom. The summed E-state index contributed by atoms with van der Waals surface area (Å²) in [4.78, 5) is 15.5. The van der Waals surface area contributed by atoms with Gasteiger partial charge in [0.1, 0.15) is 11.3 Å². The quantitative estimate of drug-likeness (QED) is 0.746. The summed E-state index contributed by atoms with van der Waals surface area (Å²) < 4.78 is 11.0. The third-order valence-corrected chi connectivity index (χ3v) is 2.71. The minimum atomic E-state index is -0.639. The van der Waals surface area contributed by atoms with Gasteiger partial charge in [0, 0.05) is 0 Å². The van der Waals surface area contributed by atoms with Crippen LogP contribution in [0.15, 0.2) is 11.1 Å². The Labute approximate surface area is 111 Å². The summed E-state index contributed by atoms with van der Waals surface area (Å²) in [5.41, 5.74) is -1.14. The summed E-state index contributed by atoms with van der Waals surface area (Å²) >= 11 is 3.22. The predicted octanol–water partition coefficient (Wildman–Crippen LogP) is 3.27. The van der Waals surface area contributed by atoms with E-state index in [0.717, 1.165) is 0 Å². The molecule has 1 fully saturated rings. The number of rotatable bonds is 1. The van der Waals surface area contributed by atoms with Crippen LogP contribution in [0.1, 0.15) is 34.6 Å². The summed E-state index contributed by atoms with van der Waals surface area (Å²) in [6.45, 7) is 9.75. The molecule has 0 aromatic rings. The van der Waals surface area contributed by atoms with Crippen LogP contribution in [0, 0.1) is 0 Å². The lowest BCUT2D eigenvalue weighted by molar-refractivity contribution is -0.0610. The van der Waals surface area contributed by atoms with Gasteiger partial charge in [-0.1, -0.05) is 22.0 Å². The zero-order valence-corrected chi connectivity index (χ0v) is 12.6. The van der Waals surface area contributed by atoms with Gasteiger partial charge in [0.05, 0.1) is 12.6 Å². The molecule has 0 saturated carbocycles. The van der Waals surface area contributed by atoms with Crippen molar-refractivity contribution < 1.29 is 14.3 Å². The van der Waals surface area contributed by atoms with Gasteiger partial charge in [0.25, 0.3) is 0 Å². The molecule has 1 rings (SSSR count). The molecule has 1 aliphatic rings. The van der Waals surface area contributed by atoms with Crippen molar-refractivity contribution in [2.75, 3.05) is 6.61 Å². The molecule has 0 bridgehead atoms. The molecule has 1 amide bonds. The van der Waals surface area contributed by atoms with Crippen molar-refractivity contribution >= 4 is 22.0 Å². The van der Waals surface area contributed by atoms with Gasteiger partial charge in [-0.2, -0.15) is 0 Å². The van der Waals surface area contributed by atoms with Crippen LogP contribution in [0.3, 0.4) is 0 Å². The first kappa shape index (κ1) is 14.5. The monoisotopic (exact) mass is 305 g/mol. The lowest BCUT2D eigenvalue weighted by Crippen LogP contribution is -2.49. The molecule has 0 spiro atoms. The molecule has 17 heavy (non-hydrogen) atoms. The summed E-state index contributed by atoms with van der Waals surface area (Å²) in [7, 11) is 0. The van der Waals surface area contributed by atoms with Crippen LogP contribution in [0.25, 0.3) is 0 Å². The Bertz CT molecular complexity index is 320. The first-order chi connectivity index (χ1) is 7.67. The predicted molar refractivity (Wildman–Crippen MR) is 70.0 cm³/mol.